The summed E-state index contributed by atoms with van der Waals surface area (Å²) >= 11 is 0. The molecule has 0 unspecified atom stereocenters. The monoisotopic (exact) mass is 668 g/mol. The molecular weight excluding hydrogens is 633 g/mol. The second-order valence-corrected chi connectivity index (χ2v) is 13.9. The Balaban J connectivity index is 1.54. The van der Waals surface area contributed by atoms with Crippen LogP contribution in [-0.4, -0.2) is 52.3 Å². The van der Waals surface area contributed by atoms with E-state index in [2.05, 4.69) is 22.1 Å². The van der Waals surface area contributed by atoms with Crippen LogP contribution >= 0.6 is 0 Å². The maximum Gasteiger partial charge on any atom is 0.311 e. The van der Waals surface area contributed by atoms with Gasteiger partial charge in [-0.15, -0.1) is 5.10 Å². The highest BCUT2D eigenvalue weighted by Crippen LogP contribution is 2.47. The quantitative estimate of drug-likeness (QED) is 0.141. The van der Waals surface area contributed by atoms with Crippen molar-refractivity contribution in [3.05, 3.63) is 65.2 Å². The van der Waals surface area contributed by atoms with Gasteiger partial charge in [0.05, 0.1) is 23.2 Å². The number of hydrogen-bond acceptors (Lipinski definition) is 8. The van der Waals surface area contributed by atoms with Crippen LogP contribution in [0.3, 0.4) is 0 Å². The average molecular weight is 669 g/mol. The molecule has 4 aromatic rings. The van der Waals surface area contributed by atoms with E-state index in [0.29, 0.717) is 0 Å². The molecule has 0 saturated heterocycles. The number of ether oxygens (including phenoxy) is 1. The molecule has 47 heavy (non-hydrogen) atoms. The summed E-state index contributed by atoms with van der Waals surface area (Å²) in [4.78, 5) is 21.8. The molecule has 0 spiro atoms. The molecule has 248 valence electrons. The van der Waals surface area contributed by atoms with Crippen molar-refractivity contribution in [2.24, 2.45) is 22.7 Å². The largest absolute Gasteiger partial charge is 0.466 e. The zero-order valence-electron chi connectivity index (χ0n) is 26.2. The highest BCUT2D eigenvalue weighted by Gasteiger charge is 2.48. The number of hydrogen-bond donors (Lipinski definition) is 1. The number of esters is 1. The number of aliphatic imine (C=N–C) groups is 1. The Morgan fingerprint density at radius 3 is 2.47 bits per heavy atom. The number of carbonyl (C=O) groups excluding carboxylic acids is 1. The number of aromatic nitrogens is 4. The van der Waals surface area contributed by atoms with Gasteiger partial charge in [0.25, 0.3) is 16.4 Å². The van der Waals surface area contributed by atoms with Crippen LogP contribution in [0.25, 0.3) is 23.0 Å². The summed E-state index contributed by atoms with van der Waals surface area (Å²) < 4.78 is 77.6. The van der Waals surface area contributed by atoms with E-state index >= 15 is 0 Å². The van der Waals surface area contributed by atoms with Gasteiger partial charge in [0, 0.05) is 35.1 Å². The predicted octanol–water partition coefficient (Wildman–Crippen LogP) is 7.12. The van der Waals surface area contributed by atoms with E-state index in [1.807, 2.05) is 6.92 Å². The molecule has 2 atom stereocenters. The summed E-state index contributed by atoms with van der Waals surface area (Å²) in [7, 11) is -4.25. The van der Waals surface area contributed by atoms with Crippen LogP contribution in [0, 0.1) is 24.7 Å². The molecule has 3 heterocycles. The first-order chi connectivity index (χ1) is 22.4. The fraction of sp³-hybridized carbons (Fsp3) is 0.394. The number of aryl methyl sites for hydroxylation is 1. The molecule has 3 aliphatic carbocycles. The molecule has 1 aromatic carbocycles. The number of anilines is 1. The molecule has 0 aliphatic heterocycles. The number of fused-ring (bicyclic) bond motifs is 4. The third-order valence-electron chi connectivity index (χ3n) is 9.12. The molecule has 2 bridgehead atoms. The van der Waals surface area contributed by atoms with Crippen molar-refractivity contribution in [2.45, 2.75) is 63.8 Å². The second kappa shape index (κ2) is 12.6. The Morgan fingerprint density at radius 2 is 1.85 bits per heavy atom. The number of alkyl halides is 2. The minimum atomic E-state index is -4.25. The minimum absolute atomic E-state index is 0.0309. The van der Waals surface area contributed by atoms with Crippen molar-refractivity contribution in [1.29, 1.82) is 0 Å². The van der Waals surface area contributed by atoms with Gasteiger partial charge in [-0.1, -0.05) is 17.7 Å². The van der Waals surface area contributed by atoms with Crippen molar-refractivity contribution in [3.8, 4) is 11.4 Å². The lowest BCUT2D eigenvalue weighted by Gasteiger charge is -2.47. The van der Waals surface area contributed by atoms with E-state index in [9.17, 15) is 26.4 Å². The first-order valence-electron chi connectivity index (χ1n) is 15.4. The van der Waals surface area contributed by atoms with E-state index in [0.717, 1.165) is 47.5 Å². The Labute approximate surface area is 270 Å². The van der Waals surface area contributed by atoms with Crippen molar-refractivity contribution >= 4 is 45.9 Å². The van der Waals surface area contributed by atoms with Crippen LogP contribution in [0.4, 0.5) is 24.8 Å². The number of carbonyl (C=O) groups is 1. The van der Waals surface area contributed by atoms with Gasteiger partial charge in [-0.25, -0.2) is 40.1 Å². The van der Waals surface area contributed by atoms with E-state index < -0.39 is 28.2 Å². The summed E-state index contributed by atoms with van der Waals surface area (Å²) in [5, 5.41) is 7.87. The lowest BCUT2D eigenvalue weighted by molar-refractivity contribution is -0.154. The number of benzene rings is 1. The summed E-state index contributed by atoms with van der Waals surface area (Å²) in [6.45, 7) is 8.53. The van der Waals surface area contributed by atoms with Crippen LogP contribution in [0.15, 0.2) is 58.4 Å². The number of allylic oxidation sites excluding steroid dienone is 1. The maximum absolute atomic E-state index is 14.5. The van der Waals surface area contributed by atoms with Crippen LogP contribution in [0.5, 0.6) is 0 Å². The standard InChI is InChI=1S/C33H35F3N6O4S/c1-5-46-33(43)27-20-8-10-21(11-9-20)28(27)38-31-26-15-22(29(35)36)16-41(26)40-30(39-31)25-17-42(32(37-4)24(25)14-19(3)34)47(44,45)23-12-6-18(2)7-13-23/h6-7,12-17,20-21,27-29H,4-5,8-11H2,1-3H3,(H,38,39,40)/b19-14+/t20?,21?,27-,28-/m0/s1. The second-order valence-electron chi connectivity index (χ2n) is 12.1. The molecule has 14 heteroatoms. The minimum Gasteiger partial charge on any atom is -0.466 e. The van der Waals surface area contributed by atoms with Crippen molar-refractivity contribution < 1.29 is 31.1 Å². The normalized spacial score (nSPS) is 21.4. The zero-order valence-corrected chi connectivity index (χ0v) is 27.0. The van der Waals surface area contributed by atoms with Gasteiger partial charge in [0.15, 0.2) is 17.5 Å². The molecule has 7 rings (SSSR count). The van der Waals surface area contributed by atoms with Gasteiger partial charge >= 0.3 is 5.97 Å². The third-order valence-corrected chi connectivity index (χ3v) is 10.8. The molecule has 3 fully saturated rings. The SMILES string of the molecule is C=Nc1c(/C=C(\C)F)c(-c2nc(N[C@H]3C4CCC(CC4)[C@@H]3C(=O)OCC)c3cc(C(F)F)cn3n2)cn1S(=O)(=O)c1ccc(C)cc1. The maximum atomic E-state index is 14.5. The van der Waals surface area contributed by atoms with Gasteiger partial charge in [0.1, 0.15) is 5.52 Å². The Bertz CT molecular complexity index is 1970. The van der Waals surface area contributed by atoms with Gasteiger partial charge in [-0.3, -0.25) is 4.79 Å². The van der Waals surface area contributed by atoms with Crippen molar-refractivity contribution in [2.75, 3.05) is 11.9 Å². The van der Waals surface area contributed by atoms with Gasteiger partial charge < -0.3 is 10.1 Å². The number of halogens is 3. The molecular formula is C33H35F3N6O4S. The summed E-state index contributed by atoms with van der Waals surface area (Å²) in [6.07, 6.45) is 4.21. The predicted molar refractivity (Wildman–Crippen MR) is 172 cm³/mol. The molecule has 0 amide bonds. The van der Waals surface area contributed by atoms with E-state index in [-0.39, 0.29) is 75.0 Å². The lowest BCUT2D eigenvalue weighted by Crippen LogP contribution is -2.52. The lowest BCUT2D eigenvalue weighted by atomic mass is 9.61. The summed E-state index contributed by atoms with van der Waals surface area (Å²) in [5.41, 5.74) is 0.886. The highest BCUT2D eigenvalue weighted by molar-refractivity contribution is 7.90. The van der Waals surface area contributed by atoms with E-state index in [1.54, 1.807) is 19.1 Å². The van der Waals surface area contributed by atoms with Crippen LogP contribution in [0.2, 0.25) is 0 Å². The average Bonchev–Trinajstić information content (AvgIpc) is 3.64. The highest BCUT2D eigenvalue weighted by atomic mass is 32.2. The fourth-order valence-corrected chi connectivity index (χ4v) is 8.25. The van der Waals surface area contributed by atoms with E-state index in [1.165, 1.54) is 35.8 Å². The molecule has 3 saturated carbocycles. The third kappa shape index (κ3) is 5.94. The Morgan fingerprint density at radius 1 is 1.17 bits per heavy atom. The Kier molecular flexibility index (Phi) is 8.72. The molecule has 1 N–H and O–H groups in total. The number of rotatable bonds is 10. The smallest absolute Gasteiger partial charge is 0.311 e. The van der Waals surface area contributed by atoms with Crippen LogP contribution in [0.1, 0.15) is 62.6 Å². The Hall–Kier alpha value is -4.46. The van der Waals surface area contributed by atoms with Crippen molar-refractivity contribution in [3.63, 3.8) is 0 Å². The molecule has 0 radical (unpaired) electrons. The fourth-order valence-electron chi connectivity index (χ4n) is 6.92. The summed E-state index contributed by atoms with van der Waals surface area (Å²) in [5.74, 6) is -1.31. The van der Waals surface area contributed by atoms with Crippen LogP contribution in [-0.2, 0) is 19.6 Å². The van der Waals surface area contributed by atoms with Crippen molar-refractivity contribution in [1.82, 2.24) is 18.6 Å². The van der Waals surface area contributed by atoms with Crippen LogP contribution < -0.4 is 5.32 Å². The van der Waals surface area contributed by atoms with Gasteiger partial charge in [-0.05, 0) is 89.3 Å². The topological polar surface area (TPSA) is 120 Å². The first kappa shape index (κ1) is 32.5. The van der Waals surface area contributed by atoms with E-state index in [4.69, 9.17) is 9.72 Å². The van der Waals surface area contributed by atoms with Gasteiger partial charge in [0.2, 0.25) is 0 Å². The molecule has 10 nitrogen and oxygen atoms in total. The first-order valence-corrected chi connectivity index (χ1v) is 16.9. The zero-order chi connectivity index (χ0) is 33.6. The molecule has 3 aliphatic rings. The summed E-state index contributed by atoms with van der Waals surface area (Å²) in [6, 6.07) is 7.07. The molecule has 3 aromatic heterocycles. The number of nitrogens with one attached hydrogen (secondary N) is 1. The van der Waals surface area contributed by atoms with Gasteiger partial charge in [-0.2, -0.15) is 0 Å². The number of nitrogens with zero attached hydrogens (tertiary/aromatic N) is 5.